The number of amides is 1. The van der Waals surface area contributed by atoms with E-state index in [1.165, 1.54) is 43.5 Å². The molecule has 0 spiro atoms. The van der Waals surface area contributed by atoms with E-state index in [0.717, 1.165) is 12.1 Å². The minimum Gasteiger partial charge on any atom is -0.467 e. The standard InChI is InChI=1S/C20H23FN2O5S/c1-13(2)11-18(20(25)28-3)22-19(24)14-7-6-8-15(12-14)29(26,27)23-17-10-5-4-9-16(17)21/h4-10,12-13,18,23H,11H2,1-3H3,(H,22,24)/t18-/m1/s1. The van der Waals surface area contributed by atoms with E-state index in [4.69, 9.17) is 4.74 Å². The summed E-state index contributed by atoms with van der Waals surface area (Å²) in [5, 5.41) is 2.56. The van der Waals surface area contributed by atoms with Gasteiger partial charge >= 0.3 is 5.97 Å². The van der Waals surface area contributed by atoms with E-state index in [1.54, 1.807) is 0 Å². The number of halogens is 1. The van der Waals surface area contributed by atoms with Gasteiger partial charge in [0.25, 0.3) is 15.9 Å². The number of anilines is 1. The molecule has 2 aromatic carbocycles. The first-order chi connectivity index (χ1) is 13.6. The number of hydrogen-bond donors (Lipinski definition) is 2. The molecule has 0 radical (unpaired) electrons. The third-order valence-corrected chi connectivity index (χ3v) is 5.39. The highest BCUT2D eigenvalue weighted by Gasteiger charge is 2.24. The minimum absolute atomic E-state index is 0.0408. The average molecular weight is 422 g/mol. The van der Waals surface area contributed by atoms with Gasteiger partial charge in [-0.05, 0) is 42.7 Å². The monoisotopic (exact) mass is 422 g/mol. The van der Waals surface area contributed by atoms with Crippen LogP contribution < -0.4 is 10.0 Å². The first-order valence-electron chi connectivity index (χ1n) is 8.90. The fourth-order valence-electron chi connectivity index (χ4n) is 2.62. The summed E-state index contributed by atoms with van der Waals surface area (Å²) < 4.78 is 45.8. The van der Waals surface area contributed by atoms with Gasteiger partial charge in [0, 0.05) is 5.56 Å². The molecule has 0 saturated heterocycles. The highest BCUT2D eigenvalue weighted by molar-refractivity contribution is 7.92. The quantitative estimate of drug-likeness (QED) is 0.637. The number of ether oxygens (including phenoxy) is 1. The Bertz CT molecular complexity index is 992. The SMILES string of the molecule is COC(=O)[C@@H](CC(C)C)NC(=O)c1cccc(S(=O)(=O)Nc2ccccc2F)c1. The summed E-state index contributed by atoms with van der Waals surface area (Å²) in [6, 6.07) is 9.73. The molecule has 0 bridgehead atoms. The summed E-state index contributed by atoms with van der Waals surface area (Å²) in [4.78, 5) is 24.2. The third kappa shape index (κ3) is 6.02. The number of carbonyl (C=O) groups excluding carboxylic acids is 2. The van der Waals surface area contributed by atoms with Gasteiger partial charge in [0.1, 0.15) is 11.9 Å². The molecule has 2 rings (SSSR count). The van der Waals surface area contributed by atoms with Gasteiger partial charge in [-0.2, -0.15) is 0 Å². The molecule has 0 aliphatic rings. The normalized spacial score (nSPS) is 12.3. The smallest absolute Gasteiger partial charge is 0.328 e. The van der Waals surface area contributed by atoms with Crippen LogP contribution in [-0.2, 0) is 19.6 Å². The van der Waals surface area contributed by atoms with Gasteiger partial charge in [0.05, 0.1) is 17.7 Å². The lowest BCUT2D eigenvalue weighted by Gasteiger charge is -2.18. The Labute approximate surface area is 169 Å². The molecular weight excluding hydrogens is 399 g/mol. The average Bonchev–Trinajstić information content (AvgIpc) is 2.68. The van der Waals surface area contributed by atoms with E-state index in [2.05, 4.69) is 10.0 Å². The van der Waals surface area contributed by atoms with Crippen molar-refractivity contribution in [2.45, 2.75) is 31.2 Å². The van der Waals surface area contributed by atoms with Crippen molar-refractivity contribution in [2.24, 2.45) is 5.92 Å². The zero-order valence-corrected chi connectivity index (χ0v) is 17.1. The predicted octanol–water partition coefficient (Wildman–Crippen LogP) is 2.94. The van der Waals surface area contributed by atoms with Crippen LogP contribution in [0.5, 0.6) is 0 Å². The zero-order valence-electron chi connectivity index (χ0n) is 16.3. The van der Waals surface area contributed by atoms with Gasteiger partial charge in [0.15, 0.2) is 0 Å². The van der Waals surface area contributed by atoms with Crippen LogP contribution in [0.3, 0.4) is 0 Å². The Kier molecular flexibility index (Phi) is 7.33. The Morgan fingerprint density at radius 3 is 2.41 bits per heavy atom. The number of esters is 1. The van der Waals surface area contributed by atoms with Crippen LogP contribution in [0.15, 0.2) is 53.4 Å². The van der Waals surface area contributed by atoms with E-state index < -0.39 is 33.8 Å². The molecule has 7 nitrogen and oxygen atoms in total. The highest BCUT2D eigenvalue weighted by Crippen LogP contribution is 2.20. The lowest BCUT2D eigenvalue weighted by Crippen LogP contribution is -2.42. The van der Waals surface area contributed by atoms with Crippen molar-refractivity contribution in [2.75, 3.05) is 11.8 Å². The van der Waals surface area contributed by atoms with Crippen molar-refractivity contribution < 1.29 is 27.1 Å². The van der Waals surface area contributed by atoms with Crippen LogP contribution in [-0.4, -0.2) is 33.4 Å². The second kappa shape index (κ2) is 9.51. The van der Waals surface area contributed by atoms with Gasteiger partial charge < -0.3 is 10.1 Å². The Morgan fingerprint density at radius 2 is 1.79 bits per heavy atom. The van der Waals surface area contributed by atoms with Crippen LogP contribution in [0, 0.1) is 11.7 Å². The molecule has 1 amide bonds. The van der Waals surface area contributed by atoms with E-state index in [-0.39, 0.29) is 22.1 Å². The highest BCUT2D eigenvalue weighted by atomic mass is 32.2. The molecule has 156 valence electrons. The summed E-state index contributed by atoms with van der Waals surface area (Å²) in [6.45, 7) is 3.79. The van der Waals surface area contributed by atoms with Gasteiger partial charge in [-0.3, -0.25) is 9.52 Å². The zero-order chi connectivity index (χ0) is 21.6. The molecule has 0 heterocycles. The first kappa shape index (κ1) is 22.4. The molecular formula is C20H23FN2O5S. The largest absolute Gasteiger partial charge is 0.467 e. The molecule has 0 unspecified atom stereocenters. The molecule has 2 aromatic rings. The lowest BCUT2D eigenvalue weighted by atomic mass is 10.0. The third-order valence-electron chi connectivity index (χ3n) is 4.02. The fourth-order valence-corrected chi connectivity index (χ4v) is 3.73. The van der Waals surface area contributed by atoms with E-state index in [0.29, 0.717) is 6.42 Å². The number of sulfonamides is 1. The topological polar surface area (TPSA) is 102 Å². The number of para-hydroxylation sites is 1. The van der Waals surface area contributed by atoms with E-state index in [9.17, 15) is 22.4 Å². The van der Waals surface area contributed by atoms with Gasteiger partial charge in [0.2, 0.25) is 0 Å². The summed E-state index contributed by atoms with van der Waals surface area (Å²) in [7, 11) is -2.90. The second-order valence-electron chi connectivity index (χ2n) is 6.79. The molecule has 9 heteroatoms. The number of carbonyl (C=O) groups is 2. The Hall–Kier alpha value is -2.94. The predicted molar refractivity (Wildman–Crippen MR) is 106 cm³/mol. The number of hydrogen-bond acceptors (Lipinski definition) is 5. The Morgan fingerprint density at radius 1 is 1.10 bits per heavy atom. The molecule has 0 aliphatic heterocycles. The minimum atomic E-state index is -4.12. The van der Waals surface area contributed by atoms with Crippen molar-refractivity contribution in [3.8, 4) is 0 Å². The number of benzene rings is 2. The van der Waals surface area contributed by atoms with Crippen molar-refractivity contribution in [3.05, 3.63) is 59.9 Å². The summed E-state index contributed by atoms with van der Waals surface area (Å²) >= 11 is 0. The number of methoxy groups -OCH3 is 1. The lowest BCUT2D eigenvalue weighted by molar-refractivity contribution is -0.143. The van der Waals surface area contributed by atoms with E-state index >= 15 is 0 Å². The second-order valence-corrected chi connectivity index (χ2v) is 8.47. The first-order valence-corrected chi connectivity index (χ1v) is 10.4. The van der Waals surface area contributed by atoms with Crippen LogP contribution >= 0.6 is 0 Å². The molecule has 2 N–H and O–H groups in total. The fraction of sp³-hybridized carbons (Fsp3) is 0.300. The van der Waals surface area contributed by atoms with Crippen LogP contribution in [0.25, 0.3) is 0 Å². The van der Waals surface area contributed by atoms with Crippen LogP contribution in [0.1, 0.15) is 30.6 Å². The maximum Gasteiger partial charge on any atom is 0.328 e. The van der Waals surface area contributed by atoms with Gasteiger partial charge in [-0.25, -0.2) is 17.6 Å². The van der Waals surface area contributed by atoms with Crippen molar-refractivity contribution in [1.29, 1.82) is 0 Å². The molecule has 1 atom stereocenters. The van der Waals surface area contributed by atoms with Crippen molar-refractivity contribution >= 4 is 27.6 Å². The van der Waals surface area contributed by atoms with E-state index in [1.807, 2.05) is 13.8 Å². The van der Waals surface area contributed by atoms with Crippen LogP contribution in [0.2, 0.25) is 0 Å². The molecule has 29 heavy (non-hydrogen) atoms. The number of nitrogens with one attached hydrogen (secondary N) is 2. The van der Waals surface area contributed by atoms with Gasteiger partial charge in [-0.15, -0.1) is 0 Å². The summed E-state index contributed by atoms with van der Waals surface area (Å²) in [6.07, 6.45) is 0.366. The van der Waals surface area contributed by atoms with Crippen molar-refractivity contribution in [3.63, 3.8) is 0 Å². The number of rotatable bonds is 8. The molecule has 0 fully saturated rings. The summed E-state index contributed by atoms with van der Waals surface area (Å²) in [5.74, 6) is -1.81. The van der Waals surface area contributed by atoms with Crippen molar-refractivity contribution in [1.82, 2.24) is 5.32 Å². The molecule has 0 saturated carbocycles. The molecule has 0 aliphatic carbocycles. The Balaban J connectivity index is 2.24. The maximum atomic E-state index is 13.8. The summed E-state index contributed by atoms with van der Waals surface area (Å²) in [5.41, 5.74) is -0.163. The molecule has 0 aromatic heterocycles. The van der Waals surface area contributed by atoms with Crippen LogP contribution in [0.4, 0.5) is 10.1 Å². The van der Waals surface area contributed by atoms with Gasteiger partial charge in [-0.1, -0.05) is 32.0 Å². The maximum absolute atomic E-state index is 13.8.